The Kier molecular flexibility index (Phi) is 6.20. The Morgan fingerprint density at radius 3 is 2.76 bits per heavy atom. The predicted octanol–water partition coefficient (Wildman–Crippen LogP) is 4.82. The number of rotatable bonds is 4. The lowest BCUT2D eigenvalue weighted by Gasteiger charge is -2.36. The maximum Gasteiger partial charge on any atom is 0.319 e. The lowest BCUT2D eigenvalue weighted by atomic mass is 9.85. The number of hydrogen-bond acceptors (Lipinski definition) is 7. The van der Waals surface area contributed by atoms with E-state index < -0.39 is 5.82 Å². The molecule has 6 heterocycles. The molecule has 4 aliphatic heterocycles. The third kappa shape index (κ3) is 3.95. The number of nitrogens with zero attached hydrogens (tertiary/aromatic N) is 5. The van der Waals surface area contributed by atoms with Crippen molar-refractivity contribution >= 4 is 22.3 Å². The summed E-state index contributed by atoms with van der Waals surface area (Å²) in [6.45, 7) is 5.10. The summed E-state index contributed by atoms with van der Waals surface area (Å²) < 4.78 is 38.2. The molecule has 3 fully saturated rings. The molecule has 0 radical (unpaired) electrons. The van der Waals surface area contributed by atoms with Crippen LogP contribution >= 0.6 is 0 Å². The molecule has 0 bridgehead atoms. The van der Waals surface area contributed by atoms with Crippen LogP contribution in [0.3, 0.4) is 0 Å². The van der Waals surface area contributed by atoms with Gasteiger partial charge in [-0.3, -0.25) is 4.90 Å². The van der Waals surface area contributed by atoms with Gasteiger partial charge >= 0.3 is 6.01 Å². The minimum Gasteiger partial charge on any atom is -0.461 e. The molecule has 1 N–H and O–H groups in total. The molecule has 3 saturated heterocycles. The van der Waals surface area contributed by atoms with E-state index in [0.717, 1.165) is 63.2 Å². The van der Waals surface area contributed by atoms with Gasteiger partial charge in [0.05, 0.1) is 22.2 Å². The van der Waals surface area contributed by atoms with Crippen molar-refractivity contribution in [3.8, 4) is 29.6 Å². The Labute approximate surface area is 244 Å². The van der Waals surface area contributed by atoms with Crippen LogP contribution in [0.5, 0.6) is 6.01 Å². The molecule has 2 aromatic heterocycles. The number of halogens is 2. The Hall–Kier alpha value is -3.61. The van der Waals surface area contributed by atoms with Crippen molar-refractivity contribution in [3.63, 3.8) is 0 Å². The zero-order chi connectivity index (χ0) is 28.4. The Balaban J connectivity index is 1.31. The first-order valence-corrected chi connectivity index (χ1v) is 15.3. The maximum atomic E-state index is 16.9. The molecule has 1 atom stereocenters. The highest BCUT2D eigenvalue weighted by atomic mass is 19.1. The van der Waals surface area contributed by atoms with Crippen LogP contribution in [-0.4, -0.2) is 70.8 Å². The van der Waals surface area contributed by atoms with E-state index in [1.54, 1.807) is 6.07 Å². The minimum atomic E-state index is -0.548. The molecule has 0 spiro atoms. The van der Waals surface area contributed by atoms with Gasteiger partial charge in [-0.15, -0.1) is 6.42 Å². The summed E-state index contributed by atoms with van der Waals surface area (Å²) >= 11 is 0. The molecule has 1 unspecified atom stereocenters. The van der Waals surface area contributed by atoms with E-state index in [1.807, 2.05) is 12.1 Å². The average molecular weight is 569 g/mol. The van der Waals surface area contributed by atoms with Crippen LogP contribution in [0.25, 0.3) is 27.7 Å². The fourth-order valence-electron chi connectivity index (χ4n) is 8.05. The van der Waals surface area contributed by atoms with Gasteiger partial charge in [0.25, 0.3) is 0 Å². The number of anilines is 1. The van der Waals surface area contributed by atoms with Crippen LogP contribution in [0.15, 0.2) is 24.0 Å². The third-order valence-corrected chi connectivity index (χ3v) is 10.1. The average Bonchev–Trinajstić information content (AvgIpc) is 3.56. The molecule has 0 saturated carbocycles. The molecular formula is C33H34F2N6O. The number of terminal acetylenes is 1. The van der Waals surface area contributed by atoms with Crippen molar-refractivity contribution in [2.24, 2.45) is 0 Å². The lowest BCUT2D eigenvalue weighted by Crippen LogP contribution is -2.51. The van der Waals surface area contributed by atoms with Gasteiger partial charge in [-0.05, 0) is 63.6 Å². The van der Waals surface area contributed by atoms with E-state index in [-0.39, 0.29) is 46.6 Å². The molecule has 1 aromatic carbocycles. The first-order valence-electron chi connectivity index (χ1n) is 15.3. The number of hydrogen-bond donors (Lipinski definition) is 1. The number of piperazine rings is 1. The third-order valence-electron chi connectivity index (χ3n) is 10.1. The zero-order valence-electron chi connectivity index (χ0n) is 23.7. The van der Waals surface area contributed by atoms with E-state index in [1.165, 1.54) is 12.8 Å². The summed E-state index contributed by atoms with van der Waals surface area (Å²) in [6, 6.07) is 6.00. The highest BCUT2D eigenvalue weighted by Gasteiger charge is 2.45. The normalized spacial score (nSPS) is 22.9. The monoisotopic (exact) mass is 568 g/mol. The van der Waals surface area contributed by atoms with E-state index in [2.05, 4.69) is 21.0 Å². The number of pyridine rings is 1. The fourth-order valence-corrected chi connectivity index (χ4v) is 8.05. The second kappa shape index (κ2) is 9.99. The smallest absolute Gasteiger partial charge is 0.319 e. The van der Waals surface area contributed by atoms with Crippen LogP contribution in [-0.2, 0) is 12.8 Å². The van der Waals surface area contributed by atoms with E-state index >= 15 is 4.39 Å². The zero-order valence-corrected chi connectivity index (χ0v) is 23.7. The maximum absolute atomic E-state index is 16.9. The molecule has 216 valence electrons. The Morgan fingerprint density at radius 1 is 1.07 bits per heavy atom. The van der Waals surface area contributed by atoms with Gasteiger partial charge in [0.15, 0.2) is 5.82 Å². The van der Waals surface area contributed by atoms with E-state index in [4.69, 9.17) is 26.1 Å². The molecule has 5 aliphatic rings. The molecule has 1 aliphatic carbocycles. The summed E-state index contributed by atoms with van der Waals surface area (Å²) in [5.74, 6) is 2.34. The number of aromatic nitrogens is 3. The van der Waals surface area contributed by atoms with Crippen LogP contribution in [0.4, 0.5) is 14.6 Å². The fraction of sp³-hybridized carbons (Fsp3) is 0.485. The second-order valence-electron chi connectivity index (χ2n) is 12.3. The minimum absolute atomic E-state index is 0.0161. The number of aryl methyl sites for hydroxylation is 2. The molecule has 8 rings (SSSR count). The first kappa shape index (κ1) is 26.1. The molecule has 3 aromatic rings. The van der Waals surface area contributed by atoms with Gasteiger partial charge in [-0.1, -0.05) is 24.1 Å². The van der Waals surface area contributed by atoms with Crippen LogP contribution < -0.4 is 15.0 Å². The Bertz CT molecular complexity index is 1670. The molecule has 0 amide bonds. The van der Waals surface area contributed by atoms with Gasteiger partial charge < -0.3 is 15.0 Å². The van der Waals surface area contributed by atoms with Crippen LogP contribution in [0.2, 0.25) is 0 Å². The van der Waals surface area contributed by atoms with Crippen molar-refractivity contribution in [2.45, 2.75) is 62.9 Å². The quantitative estimate of drug-likeness (QED) is 0.453. The van der Waals surface area contributed by atoms with Crippen LogP contribution in [0, 0.1) is 18.2 Å². The first-order chi connectivity index (χ1) is 20.6. The van der Waals surface area contributed by atoms with Gasteiger partial charge in [-0.2, -0.15) is 9.97 Å². The van der Waals surface area contributed by atoms with Crippen molar-refractivity contribution in [1.82, 2.24) is 25.2 Å². The standard InChI is InChI=1S/C33H34F2N6O/c1-2-22-24(34)10-8-20-6-3-7-23(26(20)22)29-28(35)30-27-25(37-29)11-9-21-18-36-14-17-41(21)31(27)39-32(38-30)42-19-33-12-4-15-40(33)16-5-13-33/h1,3,6-7,21,36H,4-5,8-19H2. The van der Waals surface area contributed by atoms with Gasteiger partial charge in [0.1, 0.15) is 29.5 Å². The summed E-state index contributed by atoms with van der Waals surface area (Å²) in [6.07, 6.45) is 12.6. The van der Waals surface area contributed by atoms with Crippen molar-refractivity contribution in [1.29, 1.82) is 0 Å². The number of allylic oxidation sites excluding steroid dienone is 2. The summed E-state index contributed by atoms with van der Waals surface area (Å²) in [5, 5.41) is 4.15. The Morgan fingerprint density at radius 2 is 1.93 bits per heavy atom. The van der Waals surface area contributed by atoms with Crippen molar-refractivity contribution in [3.05, 3.63) is 46.7 Å². The van der Waals surface area contributed by atoms with E-state index in [9.17, 15) is 4.39 Å². The van der Waals surface area contributed by atoms with E-state index in [0.29, 0.717) is 41.8 Å². The summed E-state index contributed by atoms with van der Waals surface area (Å²) in [7, 11) is 0. The van der Waals surface area contributed by atoms with Gasteiger partial charge in [0, 0.05) is 43.2 Å². The largest absolute Gasteiger partial charge is 0.461 e. The second-order valence-corrected chi connectivity index (χ2v) is 12.3. The number of benzene rings is 1. The van der Waals surface area contributed by atoms with Gasteiger partial charge in [-0.25, -0.2) is 13.8 Å². The van der Waals surface area contributed by atoms with Crippen molar-refractivity contribution in [2.75, 3.05) is 44.2 Å². The molecular weight excluding hydrogens is 534 g/mol. The topological polar surface area (TPSA) is 66.4 Å². The SMILES string of the molecule is C#CC1=C(F)CCc2cccc(-c3nc4c5c(nc(OCC67CCCN6CCC7)nc5c3F)N3CCNCC3CC4)c21. The highest BCUT2D eigenvalue weighted by molar-refractivity contribution is 5.97. The number of nitrogens with one attached hydrogen (secondary N) is 1. The molecule has 9 heteroatoms. The number of fused-ring (bicyclic) bond motifs is 4. The lowest BCUT2D eigenvalue weighted by molar-refractivity contribution is 0.108. The summed E-state index contributed by atoms with van der Waals surface area (Å²) in [5.41, 5.74) is 3.29. The summed E-state index contributed by atoms with van der Waals surface area (Å²) in [4.78, 5) is 19.4. The highest BCUT2D eigenvalue weighted by Crippen LogP contribution is 2.43. The predicted molar refractivity (Wildman–Crippen MR) is 159 cm³/mol. The molecule has 42 heavy (non-hydrogen) atoms. The van der Waals surface area contributed by atoms with Gasteiger partial charge in [0.2, 0.25) is 0 Å². The van der Waals surface area contributed by atoms with Crippen molar-refractivity contribution < 1.29 is 13.5 Å². The van der Waals surface area contributed by atoms with Crippen LogP contribution in [0.1, 0.15) is 55.3 Å². The number of ether oxygens (including phenoxy) is 1. The molecule has 7 nitrogen and oxygen atoms in total.